The van der Waals surface area contributed by atoms with Crippen LogP contribution in [0.15, 0.2) is 0 Å². The second kappa shape index (κ2) is 18.4. The number of ether oxygens (including phenoxy) is 10. The molecule has 0 aliphatic carbocycles. The van der Waals surface area contributed by atoms with Crippen molar-refractivity contribution < 1.29 is 52.5 Å². The van der Waals surface area contributed by atoms with E-state index in [-0.39, 0.29) is 140 Å². The molecule has 6 fully saturated rings. The topological polar surface area (TPSA) is 113 Å². The third-order valence-electron chi connectivity index (χ3n) is 15.5. The lowest BCUT2D eigenvalue weighted by Gasteiger charge is -2.52. The lowest BCUT2D eigenvalue weighted by Crippen LogP contribution is -2.59. The van der Waals surface area contributed by atoms with Crippen molar-refractivity contribution in [3.8, 4) is 0 Å². The average Bonchev–Trinajstić information content (AvgIpc) is 3.64. The van der Waals surface area contributed by atoms with E-state index in [1.165, 1.54) is 0 Å². The molecule has 0 radical (unpaired) electrons. The van der Waals surface area contributed by atoms with Crippen molar-refractivity contribution in [2.45, 2.75) is 215 Å². The Morgan fingerprint density at radius 3 is 1.11 bits per heavy atom. The third kappa shape index (κ3) is 8.61. The molecule has 0 saturated carbocycles. The van der Waals surface area contributed by atoms with Gasteiger partial charge >= 0.3 is 0 Å². The van der Waals surface area contributed by atoms with Gasteiger partial charge < -0.3 is 52.5 Å². The van der Waals surface area contributed by atoms with Crippen molar-refractivity contribution in [1.82, 2.24) is 0 Å². The van der Waals surface area contributed by atoms with Crippen LogP contribution >= 0.6 is 0 Å². The van der Waals surface area contributed by atoms with Gasteiger partial charge in [-0.15, -0.1) is 0 Å². The zero-order chi connectivity index (χ0) is 40.0. The molecule has 0 aromatic heterocycles. The normalized spacial score (nSPS) is 54.7. The van der Waals surface area contributed by atoms with Gasteiger partial charge in [0.05, 0.1) is 61.5 Å². The number of hydrogen-bond donors (Lipinski definition) is 1. The van der Waals surface area contributed by atoms with Gasteiger partial charge in [-0.2, -0.15) is 0 Å². The standard InChI is InChI=1S/C44H78O11/c1-15-30-35(45)20(5)25(10)41(47-30)52-36-22(7)27(12)42(48-31(36)16-2)53-37-23(8)28(13)43(49-32(37)17-3)54-38-24(9)29(14)44(50-33(38)18-4)55-39-21(6)26(11)40-46-19-34(39)51-40/h20-45H,15-19H2,1-14H3/t20?,21?,22?,23-,24-,25?,26?,27?,28?,29?,30?,31?,32?,33?,34+,35+,36+,37+,38+,39+,40-,41-,42+,43+,44+/m1/s1. The van der Waals surface area contributed by atoms with E-state index in [9.17, 15) is 5.11 Å². The van der Waals surface area contributed by atoms with E-state index in [1.807, 2.05) is 0 Å². The summed E-state index contributed by atoms with van der Waals surface area (Å²) in [6.07, 6.45) is -0.156. The number of rotatable bonds is 12. The van der Waals surface area contributed by atoms with Crippen LogP contribution in [-0.2, 0) is 47.4 Å². The summed E-state index contributed by atoms with van der Waals surface area (Å²) in [5.41, 5.74) is 0. The predicted octanol–water partition coefficient (Wildman–Crippen LogP) is 7.54. The van der Waals surface area contributed by atoms with Crippen LogP contribution < -0.4 is 0 Å². The highest BCUT2D eigenvalue weighted by Crippen LogP contribution is 2.45. The van der Waals surface area contributed by atoms with Gasteiger partial charge in [0, 0.05) is 29.6 Å². The summed E-state index contributed by atoms with van der Waals surface area (Å²) in [5, 5.41) is 10.8. The minimum atomic E-state index is -0.485. The van der Waals surface area contributed by atoms with E-state index < -0.39 is 6.10 Å². The predicted molar refractivity (Wildman–Crippen MR) is 208 cm³/mol. The molecule has 6 rings (SSSR count). The van der Waals surface area contributed by atoms with Crippen LogP contribution in [0.4, 0.5) is 0 Å². The Morgan fingerprint density at radius 1 is 0.400 bits per heavy atom. The number of fused-ring (bicyclic) bond motifs is 2. The van der Waals surface area contributed by atoms with Crippen LogP contribution in [0.5, 0.6) is 0 Å². The number of aliphatic hydroxyl groups excluding tert-OH is 1. The molecule has 6 aliphatic heterocycles. The van der Waals surface area contributed by atoms with Crippen LogP contribution in [-0.4, -0.2) is 104 Å². The van der Waals surface area contributed by atoms with Gasteiger partial charge in [0.2, 0.25) is 0 Å². The monoisotopic (exact) mass is 783 g/mol. The van der Waals surface area contributed by atoms with E-state index in [2.05, 4.69) is 96.9 Å². The minimum absolute atomic E-state index is 0.0586. The molecule has 55 heavy (non-hydrogen) atoms. The molecule has 0 aromatic rings. The molecule has 0 amide bonds. The summed E-state index contributed by atoms with van der Waals surface area (Å²) in [4.78, 5) is 0. The fourth-order valence-electron chi connectivity index (χ4n) is 10.2. The minimum Gasteiger partial charge on any atom is -0.390 e. The molecule has 6 heterocycles. The average molecular weight is 783 g/mol. The lowest BCUT2D eigenvalue weighted by atomic mass is 9.81. The van der Waals surface area contributed by atoms with Gasteiger partial charge in [0.15, 0.2) is 31.5 Å². The SMILES string of the molecule is CCC1O[C@H](O[C@@H]2C(CC)O[C@@H](O[C@@H]3C(CC)O[C@@H](O[C@@H]4C(CC)O[C@@H](O[C@H]5C(C)C(C)[C@@H]6OC[C@@H]5O6)C(C)[C@H]4C)C(C)[C@H]3C)C(C)C2C)C(C)C(C)[C@@H]1O. The van der Waals surface area contributed by atoms with E-state index in [0.29, 0.717) is 12.5 Å². The maximum absolute atomic E-state index is 10.8. The molecule has 2 bridgehead atoms. The summed E-state index contributed by atoms with van der Waals surface area (Å²) in [6, 6.07) is 0. The molecular weight excluding hydrogens is 704 g/mol. The van der Waals surface area contributed by atoms with Crippen LogP contribution in [0, 0.1) is 59.2 Å². The van der Waals surface area contributed by atoms with Gasteiger partial charge in [0.25, 0.3) is 0 Å². The molecule has 25 atom stereocenters. The van der Waals surface area contributed by atoms with E-state index in [1.54, 1.807) is 0 Å². The highest BCUT2D eigenvalue weighted by Gasteiger charge is 2.53. The maximum atomic E-state index is 10.8. The molecule has 12 unspecified atom stereocenters. The zero-order valence-corrected chi connectivity index (χ0v) is 36.5. The summed E-state index contributed by atoms with van der Waals surface area (Å²) in [7, 11) is 0. The zero-order valence-electron chi connectivity index (χ0n) is 36.5. The first kappa shape index (κ1) is 44.1. The number of hydrogen-bond acceptors (Lipinski definition) is 11. The van der Waals surface area contributed by atoms with Crippen molar-refractivity contribution >= 4 is 0 Å². The quantitative estimate of drug-likeness (QED) is 0.212. The molecule has 1 N–H and O–H groups in total. The third-order valence-corrected chi connectivity index (χ3v) is 15.5. The fraction of sp³-hybridized carbons (Fsp3) is 1.00. The Kier molecular flexibility index (Phi) is 14.8. The highest BCUT2D eigenvalue weighted by molar-refractivity contribution is 4.95. The van der Waals surface area contributed by atoms with Gasteiger partial charge in [-0.05, 0) is 55.3 Å². The van der Waals surface area contributed by atoms with E-state index >= 15 is 0 Å². The van der Waals surface area contributed by atoms with Gasteiger partial charge in [-0.3, -0.25) is 0 Å². The molecule has 0 spiro atoms. The van der Waals surface area contributed by atoms with Crippen LogP contribution in [0.3, 0.4) is 0 Å². The molecular formula is C44H78O11. The maximum Gasteiger partial charge on any atom is 0.161 e. The first-order chi connectivity index (χ1) is 26.1. The summed E-state index contributed by atoms with van der Waals surface area (Å²) < 4.78 is 66.5. The van der Waals surface area contributed by atoms with Crippen LogP contribution in [0.2, 0.25) is 0 Å². The largest absolute Gasteiger partial charge is 0.390 e. The van der Waals surface area contributed by atoms with Crippen molar-refractivity contribution in [1.29, 1.82) is 0 Å². The van der Waals surface area contributed by atoms with Crippen LogP contribution in [0.1, 0.15) is 123 Å². The Morgan fingerprint density at radius 2 is 0.727 bits per heavy atom. The second-order valence-electron chi connectivity index (χ2n) is 18.7. The summed E-state index contributed by atoms with van der Waals surface area (Å²) >= 11 is 0. The Balaban J connectivity index is 1.08. The van der Waals surface area contributed by atoms with Crippen molar-refractivity contribution in [2.24, 2.45) is 59.2 Å². The number of aliphatic hydroxyl groups is 1. The first-order valence-corrected chi connectivity index (χ1v) is 22.3. The molecule has 11 heteroatoms. The molecule has 320 valence electrons. The molecule has 6 aliphatic rings. The second-order valence-corrected chi connectivity index (χ2v) is 18.7. The van der Waals surface area contributed by atoms with Crippen molar-refractivity contribution in [2.75, 3.05) is 6.61 Å². The molecule has 11 nitrogen and oxygen atoms in total. The Bertz CT molecular complexity index is 1200. The molecule has 0 aromatic carbocycles. The van der Waals surface area contributed by atoms with Gasteiger partial charge in [-0.25, -0.2) is 0 Å². The van der Waals surface area contributed by atoms with Crippen molar-refractivity contribution in [3.63, 3.8) is 0 Å². The van der Waals surface area contributed by atoms with E-state index in [0.717, 1.165) is 25.7 Å². The molecule has 6 saturated heterocycles. The summed E-state index contributed by atoms with van der Waals surface area (Å²) in [5.74, 6) is 1.54. The van der Waals surface area contributed by atoms with Gasteiger partial charge in [-0.1, -0.05) is 96.9 Å². The smallest absolute Gasteiger partial charge is 0.161 e. The first-order valence-electron chi connectivity index (χ1n) is 22.3. The summed E-state index contributed by atoms with van der Waals surface area (Å²) in [6.45, 7) is 31.2. The van der Waals surface area contributed by atoms with E-state index in [4.69, 9.17) is 47.4 Å². The van der Waals surface area contributed by atoms with Crippen LogP contribution in [0.25, 0.3) is 0 Å². The Labute approximate surface area is 332 Å². The lowest BCUT2D eigenvalue weighted by molar-refractivity contribution is -0.362. The fourth-order valence-corrected chi connectivity index (χ4v) is 10.2. The highest BCUT2D eigenvalue weighted by atomic mass is 16.8. The van der Waals surface area contributed by atoms with Crippen molar-refractivity contribution in [3.05, 3.63) is 0 Å². The van der Waals surface area contributed by atoms with Gasteiger partial charge in [0.1, 0.15) is 6.10 Å². The Hall–Kier alpha value is -0.440.